The van der Waals surface area contributed by atoms with Crippen LogP contribution in [0, 0.1) is 0 Å². The Labute approximate surface area is 110 Å². The second-order valence-corrected chi connectivity index (χ2v) is 23.8. The molecule has 0 atom stereocenters. The first kappa shape index (κ1) is 15.1. The van der Waals surface area contributed by atoms with Crippen molar-refractivity contribution in [3.05, 3.63) is 0 Å². The lowest BCUT2D eigenvalue weighted by Gasteiger charge is -1.83. The first-order chi connectivity index (χ1) is 5.56. The largest absolute Gasteiger partial charge is 0.203 e. The van der Waals surface area contributed by atoms with Crippen LogP contribution in [-0.4, -0.2) is 0 Å². The lowest BCUT2D eigenvalue weighted by Crippen LogP contribution is -1.38. The van der Waals surface area contributed by atoms with Crippen molar-refractivity contribution in [3.63, 3.8) is 0 Å². The molecule has 0 aromatic rings. The minimum atomic E-state index is -2.25. The van der Waals surface area contributed by atoms with E-state index in [-0.39, 0.29) is 0 Å². The third-order valence-corrected chi connectivity index (χ3v) is 20.6. The first-order valence-corrected chi connectivity index (χ1v) is 16.7. The summed E-state index contributed by atoms with van der Waals surface area (Å²) in [6.45, 7) is 0. The van der Waals surface area contributed by atoms with Crippen LogP contribution in [0.2, 0.25) is 0 Å². The molecular weight excluding hydrogens is 394 g/mol. The van der Waals surface area contributed by atoms with Crippen LogP contribution >= 0.6 is 37.8 Å². The molecule has 0 saturated heterocycles. The lowest BCUT2D eigenvalue weighted by molar-refractivity contribution is 4.51. The molecule has 0 spiro atoms. The van der Waals surface area contributed by atoms with Crippen molar-refractivity contribution in [1.29, 1.82) is 0 Å². The molecule has 0 N–H and O–H groups in total. The van der Waals surface area contributed by atoms with Crippen LogP contribution in [-0.2, 0) is 74.0 Å². The molecule has 0 aliphatic heterocycles. The van der Waals surface area contributed by atoms with Crippen molar-refractivity contribution >= 4 is 112 Å². The van der Waals surface area contributed by atoms with Gasteiger partial charge in [0.15, 0.2) is 0 Å². The van der Waals surface area contributed by atoms with E-state index in [1.807, 2.05) is 0 Å². The Balaban J connectivity index is 5.47. The molecule has 0 saturated carbocycles. The normalized spacial score (nSPS) is 9.58. The van der Waals surface area contributed by atoms with Crippen LogP contribution < -0.4 is 0 Å². The molecule has 0 aromatic carbocycles. The van der Waals surface area contributed by atoms with Gasteiger partial charge in [-0.25, -0.2) is 0 Å². The third kappa shape index (κ3) is 13.1. The summed E-state index contributed by atoms with van der Waals surface area (Å²) in [5.41, 5.74) is 0. The summed E-state index contributed by atoms with van der Waals surface area (Å²) in [4.78, 5) is 0. The predicted octanol–water partition coefficient (Wildman–Crippen LogP) is 2.91. The van der Waals surface area contributed by atoms with Gasteiger partial charge in [0, 0.05) is 0 Å². The molecule has 0 aromatic heterocycles. The minimum absolute atomic E-state index is 1.30. The Morgan fingerprint density at radius 1 is 0.833 bits per heavy atom. The first-order valence-electron chi connectivity index (χ1n) is 1.86. The Hall–Kier alpha value is 3.06. The van der Waals surface area contributed by atoms with E-state index in [1.165, 1.54) is 27.3 Å². The number of hydrogen-bond donors (Lipinski definition) is 0. The zero-order valence-electron chi connectivity index (χ0n) is 4.85. The van der Waals surface area contributed by atoms with Crippen LogP contribution in [0.1, 0.15) is 0 Å². The molecule has 12 heteroatoms. The molecule has 12 heavy (non-hydrogen) atoms. The maximum Gasteiger partial charge on any atom is 0.203 e. The van der Waals surface area contributed by atoms with Gasteiger partial charge in [-0.2, -0.15) is 0 Å². The summed E-state index contributed by atoms with van der Waals surface area (Å²) < 4.78 is -2.25. The fraction of sp³-hybridized carbons (Fsp3) is 0. The van der Waals surface area contributed by atoms with E-state index < -0.39 is 4.10 Å². The van der Waals surface area contributed by atoms with E-state index in [0.717, 1.165) is 0 Å². The van der Waals surface area contributed by atoms with Gasteiger partial charge in [-0.3, -0.25) is 0 Å². The van der Waals surface area contributed by atoms with E-state index in [2.05, 4.69) is 11.2 Å². The highest BCUT2D eigenvalue weighted by molar-refractivity contribution is 8.75. The molecule has 0 nitrogen and oxygen atoms in total. The van der Waals surface area contributed by atoms with Gasteiger partial charge in [-0.15, -0.1) is 0 Å². The van der Waals surface area contributed by atoms with Gasteiger partial charge in [0.2, 0.25) is 4.10 Å². The van der Waals surface area contributed by atoms with Crippen molar-refractivity contribution < 1.29 is 0 Å². The summed E-state index contributed by atoms with van der Waals surface area (Å²) in [7, 11) is 10.4. The van der Waals surface area contributed by atoms with Gasteiger partial charge in [0.1, 0.15) is 0 Å². The monoisotopic (exact) mass is 392 g/mol. The molecule has 74 valence electrons. The van der Waals surface area contributed by atoms with Crippen LogP contribution in [0.25, 0.3) is 0 Å². The lowest BCUT2D eigenvalue weighted by atomic mass is 30.1. The summed E-state index contributed by atoms with van der Waals surface area (Å²) in [6.07, 6.45) is 0. The van der Waals surface area contributed by atoms with Crippen molar-refractivity contribution in [2.45, 2.75) is 0 Å². The topological polar surface area (TPSA) is 0 Å². The van der Waals surface area contributed by atoms with E-state index in [1.54, 1.807) is 35.5 Å². The minimum Gasteiger partial charge on any atom is -0.0518 e. The summed E-state index contributed by atoms with van der Waals surface area (Å²) in [6, 6.07) is 0. The molecule has 0 bridgehead atoms. The van der Waals surface area contributed by atoms with Crippen LogP contribution in [0.5, 0.6) is 0 Å². The predicted molar refractivity (Wildman–Crippen MR) is 83.4 cm³/mol. The van der Waals surface area contributed by atoms with E-state index in [9.17, 15) is 0 Å². The number of hydrogen-bond acceptors (Lipinski definition) is 1. The molecule has 0 unspecified atom stereocenters. The third-order valence-electron chi connectivity index (χ3n) is 0.254. The zero-order chi connectivity index (χ0) is 9.45. The molecule has 0 aliphatic carbocycles. The van der Waals surface area contributed by atoms with Gasteiger partial charge >= 0.3 is 0 Å². The summed E-state index contributed by atoms with van der Waals surface area (Å²) in [5.74, 6) is 0. The molecule has 0 amide bonds. The molecule has 0 radical (unpaired) electrons. The quantitative estimate of drug-likeness (QED) is 0.570. The molecular formula is Cl3PS8. The van der Waals surface area contributed by atoms with Gasteiger partial charge in [-0.05, 0) is 74.0 Å². The Kier molecular flexibility index (Phi) is 11.7. The van der Waals surface area contributed by atoms with E-state index in [4.69, 9.17) is 33.7 Å². The highest BCUT2D eigenvalue weighted by atomic mass is 36.1. The van der Waals surface area contributed by atoms with Crippen LogP contribution in [0.4, 0.5) is 0 Å². The highest BCUT2D eigenvalue weighted by Gasteiger charge is 1.98. The molecule has 0 fully saturated rings. The van der Waals surface area contributed by atoms with Crippen molar-refractivity contribution in [3.8, 4) is 0 Å². The average Bonchev–Trinajstić information content (AvgIpc) is 1.94. The maximum atomic E-state index is 5.60. The van der Waals surface area contributed by atoms with Crippen molar-refractivity contribution in [2.75, 3.05) is 0 Å². The summed E-state index contributed by atoms with van der Waals surface area (Å²) in [5, 5.41) is 0. The Morgan fingerprint density at radius 3 is 1.83 bits per heavy atom. The highest BCUT2D eigenvalue weighted by Crippen LogP contribution is 2.62. The van der Waals surface area contributed by atoms with Crippen LogP contribution in [0.15, 0.2) is 0 Å². The molecule has 0 aliphatic rings. The maximum absolute atomic E-state index is 5.60. The fourth-order valence-corrected chi connectivity index (χ4v) is 22.4. The standard InChI is InChI=1S/Cl3PS8/c1-4(2,3)6-8-10-12-11-9-7-5. The Bertz CT molecular complexity index is 432. The molecule has 0 heterocycles. The average molecular weight is 394 g/mol. The second-order valence-electron chi connectivity index (χ2n) is 0.881. The molecule has 0 rings (SSSR count). The van der Waals surface area contributed by atoms with Crippen LogP contribution in [0.3, 0.4) is 0 Å². The number of rotatable bonds is 0. The Morgan fingerprint density at radius 2 is 1.33 bits per heavy atom. The van der Waals surface area contributed by atoms with E-state index >= 15 is 0 Å². The number of halogens is 3. The SMILES string of the molecule is S=S=S=S=S=S=S=S=P(Cl)(Cl)Cl. The van der Waals surface area contributed by atoms with Gasteiger partial charge in [0.05, 0.1) is 0 Å². The zero-order valence-corrected chi connectivity index (χ0v) is 14.5. The second kappa shape index (κ2) is 9.30. The smallest absolute Gasteiger partial charge is 0.0518 e. The van der Waals surface area contributed by atoms with Gasteiger partial charge in [-0.1, -0.05) is 33.7 Å². The van der Waals surface area contributed by atoms with Gasteiger partial charge < -0.3 is 0 Å². The van der Waals surface area contributed by atoms with Crippen molar-refractivity contribution in [2.24, 2.45) is 0 Å². The van der Waals surface area contributed by atoms with Crippen molar-refractivity contribution in [1.82, 2.24) is 0 Å². The van der Waals surface area contributed by atoms with Gasteiger partial charge in [0.25, 0.3) is 0 Å². The summed E-state index contributed by atoms with van der Waals surface area (Å²) >= 11 is 21.5. The van der Waals surface area contributed by atoms with E-state index in [0.29, 0.717) is 0 Å². The fourth-order valence-electron chi connectivity index (χ4n) is 0.0923.